The monoisotopic (exact) mass is 530 g/mol. The number of benzene rings is 2. The van der Waals surface area contributed by atoms with Crippen LogP contribution in [-0.2, 0) is 13.0 Å². The Bertz CT molecular complexity index is 1160. The molecule has 5 rings (SSSR count). The number of likely N-dealkylation sites (tertiary alicyclic amines) is 1. The van der Waals surface area contributed by atoms with Gasteiger partial charge in [0.15, 0.2) is 5.78 Å². The Kier molecular flexibility index (Phi) is 8.77. The van der Waals surface area contributed by atoms with E-state index in [-0.39, 0.29) is 18.2 Å². The van der Waals surface area contributed by atoms with E-state index in [1.165, 1.54) is 46.8 Å². The van der Waals surface area contributed by atoms with Crippen molar-refractivity contribution in [3.63, 3.8) is 0 Å². The number of methoxy groups -OCH3 is 1. The zero-order valence-corrected chi connectivity index (χ0v) is 22.5. The van der Waals surface area contributed by atoms with Crippen LogP contribution in [-0.4, -0.2) is 44.0 Å². The van der Waals surface area contributed by atoms with Gasteiger partial charge in [-0.2, -0.15) is 0 Å². The molecule has 2 aliphatic rings. The average Bonchev–Trinajstić information content (AvgIpc) is 3.53. The van der Waals surface area contributed by atoms with Crippen LogP contribution in [0.5, 0.6) is 5.75 Å². The lowest BCUT2D eigenvalue weighted by Crippen LogP contribution is -2.29. The highest BCUT2D eigenvalue weighted by Gasteiger charge is 2.22. The standard InChI is InChI=1S/C28H31ClN2O2S.ClH/c1-33-26-18-23(10-11-24(26)25(32)5-4-15-30-13-2-3-14-30)31-16-12-21-17-27(34-28(21)19-31)20-6-8-22(29)9-7-20;/h6-11,17-18H,2-5,12-16,19H2,1H3;1H. The first-order chi connectivity index (χ1) is 16.6. The summed E-state index contributed by atoms with van der Waals surface area (Å²) < 4.78 is 5.65. The highest BCUT2D eigenvalue weighted by Crippen LogP contribution is 2.37. The van der Waals surface area contributed by atoms with Crippen molar-refractivity contribution in [2.45, 2.75) is 38.6 Å². The molecule has 0 aliphatic carbocycles. The summed E-state index contributed by atoms with van der Waals surface area (Å²) in [7, 11) is 1.66. The number of ketones is 1. The number of nitrogens with zero attached hydrogens (tertiary/aromatic N) is 2. The fourth-order valence-corrected chi connectivity index (χ4v) is 6.37. The Morgan fingerprint density at radius 2 is 1.83 bits per heavy atom. The molecule has 4 nitrogen and oxygen atoms in total. The number of thiophene rings is 1. The van der Waals surface area contributed by atoms with Gasteiger partial charge < -0.3 is 14.5 Å². The first kappa shape index (κ1) is 26.0. The minimum atomic E-state index is 0. The number of ether oxygens (including phenoxy) is 1. The average molecular weight is 532 g/mol. The molecule has 0 atom stereocenters. The summed E-state index contributed by atoms with van der Waals surface area (Å²) in [6.45, 7) is 5.20. The molecule has 0 amide bonds. The van der Waals surface area contributed by atoms with Crippen LogP contribution in [0.1, 0.15) is 46.5 Å². The van der Waals surface area contributed by atoms with Gasteiger partial charge in [-0.15, -0.1) is 23.7 Å². The van der Waals surface area contributed by atoms with E-state index >= 15 is 0 Å². The highest BCUT2D eigenvalue weighted by molar-refractivity contribution is 7.15. The Balaban J connectivity index is 0.00000289. The van der Waals surface area contributed by atoms with E-state index in [9.17, 15) is 4.79 Å². The topological polar surface area (TPSA) is 32.8 Å². The molecule has 0 N–H and O–H groups in total. The molecule has 35 heavy (non-hydrogen) atoms. The predicted molar refractivity (Wildman–Crippen MR) is 149 cm³/mol. The van der Waals surface area contributed by atoms with Gasteiger partial charge in [0.2, 0.25) is 0 Å². The van der Waals surface area contributed by atoms with Crippen molar-refractivity contribution in [1.29, 1.82) is 0 Å². The summed E-state index contributed by atoms with van der Waals surface area (Å²) in [5, 5.41) is 0.763. The molecular weight excluding hydrogens is 499 g/mol. The quantitative estimate of drug-likeness (QED) is 0.290. The van der Waals surface area contributed by atoms with Gasteiger partial charge in [-0.25, -0.2) is 0 Å². The summed E-state index contributed by atoms with van der Waals surface area (Å²) in [4.78, 5) is 20.4. The third kappa shape index (κ3) is 6.03. The molecule has 0 spiro atoms. The maximum absolute atomic E-state index is 12.9. The van der Waals surface area contributed by atoms with E-state index in [1.807, 2.05) is 35.6 Å². The van der Waals surface area contributed by atoms with Crippen LogP contribution in [0.2, 0.25) is 5.02 Å². The third-order valence-corrected chi connectivity index (χ3v) is 8.40. The lowest BCUT2D eigenvalue weighted by Gasteiger charge is -2.29. The molecule has 3 heterocycles. The molecule has 2 aliphatic heterocycles. The summed E-state index contributed by atoms with van der Waals surface area (Å²) in [5.74, 6) is 0.858. The summed E-state index contributed by atoms with van der Waals surface area (Å²) in [6, 6.07) is 16.5. The largest absolute Gasteiger partial charge is 0.496 e. The summed E-state index contributed by atoms with van der Waals surface area (Å²) >= 11 is 7.91. The maximum Gasteiger partial charge on any atom is 0.166 e. The zero-order valence-electron chi connectivity index (χ0n) is 20.1. The van der Waals surface area contributed by atoms with Gasteiger partial charge in [-0.05, 0) is 86.8 Å². The van der Waals surface area contributed by atoms with Gasteiger partial charge in [0.25, 0.3) is 0 Å². The number of hydrogen-bond acceptors (Lipinski definition) is 5. The lowest BCUT2D eigenvalue weighted by atomic mass is 10.0. The van der Waals surface area contributed by atoms with Gasteiger partial charge in [-0.3, -0.25) is 4.79 Å². The maximum atomic E-state index is 12.9. The number of halogens is 2. The van der Waals surface area contributed by atoms with Crippen LogP contribution >= 0.6 is 35.3 Å². The van der Waals surface area contributed by atoms with Gasteiger partial charge in [0, 0.05) is 39.5 Å². The lowest BCUT2D eigenvalue weighted by molar-refractivity contribution is 0.0973. The van der Waals surface area contributed by atoms with Crippen LogP contribution in [0.4, 0.5) is 5.69 Å². The van der Waals surface area contributed by atoms with Crippen molar-refractivity contribution in [1.82, 2.24) is 4.90 Å². The SMILES string of the molecule is COc1cc(N2CCc3cc(-c4ccc(Cl)cc4)sc3C2)ccc1C(=O)CCCN1CCCC1.Cl. The molecule has 1 aromatic heterocycles. The third-order valence-electron chi connectivity index (χ3n) is 6.94. The van der Waals surface area contributed by atoms with Gasteiger partial charge >= 0.3 is 0 Å². The molecular formula is C28H32Cl2N2O2S. The Morgan fingerprint density at radius 3 is 2.57 bits per heavy atom. The molecule has 3 aromatic rings. The molecule has 1 saturated heterocycles. The second-order valence-electron chi connectivity index (χ2n) is 9.20. The number of rotatable bonds is 8. The molecule has 2 aromatic carbocycles. The van der Waals surface area contributed by atoms with Crippen LogP contribution in [0.15, 0.2) is 48.5 Å². The number of Topliss-reactive ketones (excluding diaryl/α,β-unsaturated/α-hetero) is 1. The van der Waals surface area contributed by atoms with Crippen molar-refractivity contribution < 1.29 is 9.53 Å². The normalized spacial score (nSPS) is 15.5. The van der Waals surface area contributed by atoms with E-state index in [4.69, 9.17) is 16.3 Å². The predicted octanol–water partition coefficient (Wildman–Crippen LogP) is 7.12. The van der Waals surface area contributed by atoms with Crippen LogP contribution in [0.3, 0.4) is 0 Å². The zero-order chi connectivity index (χ0) is 23.5. The first-order valence-corrected chi connectivity index (χ1v) is 13.4. The molecule has 1 fully saturated rings. The van der Waals surface area contributed by atoms with Gasteiger partial charge in [-0.1, -0.05) is 23.7 Å². The van der Waals surface area contributed by atoms with Crippen molar-refractivity contribution in [3.8, 4) is 16.2 Å². The molecule has 0 radical (unpaired) electrons. The fraction of sp³-hybridized carbons (Fsp3) is 0.393. The van der Waals surface area contributed by atoms with E-state index in [0.29, 0.717) is 17.7 Å². The van der Waals surface area contributed by atoms with Crippen molar-refractivity contribution >= 4 is 46.8 Å². The van der Waals surface area contributed by atoms with E-state index < -0.39 is 0 Å². The number of hydrogen-bond donors (Lipinski definition) is 0. The van der Waals surface area contributed by atoms with E-state index in [1.54, 1.807) is 7.11 Å². The fourth-order valence-electron chi connectivity index (χ4n) is 5.01. The molecule has 0 saturated carbocycles. The van der Waals surface area contributed by atoms with E-state index in [0.717, 1.165) is 43.2 Å². The molecule has 7 heteroatoms. The second kappa shape index (κ2) is 11.8. The van der Waals surface area contributed by atoms with Crippen molar-refractivity contribution in [2.24, 2.45) is 0 Å². The van der Waals surface area contributed by atoms with Crippen LogP contribution in [0, 0.1) is 0 Å². The Hall–Kier alpha value is -2.05. The minimum Gasteiger partial charge on any atom is -0.496 e. The van der Waals surface area contributed by atoms with Crippen LogP contribution < -0.4 is 9.64 Å². The number of fused-ring (bicyclic) bond motifs is 1. The Labute approximate surface area is 223 Å². The van der Waals surface area contributed by atoms with Crippen molar-refractivity contribution in [3.05, 3.63) is 69.6 Å². The number of carbonyl (C=O) groups excluding carboxylic acids is 1. The summed E-state index contributed by atoms with van der Waals surface area (Å²) in [6.07, 6.45) is 5.07. The van der Waals surface area contributed by atoms with E-state index in [2.05, 4.69) is 34.1 Å². The first-order valence-electron chi connectivity index (χ1n) is 12.2. The number of carbonyl (C=O) groups is 1. The van der Waals surface area contributed by atoms with Crippen molar-refractivity contribution in [2.75, 3.05) is 38.2 Å². The molecule has 186 valence electrons. The molecule has 0 bridgehead atoms. The highest BCUT2D eigenvalue weighted by atomic mass is 35.5. The smallest absolute Gasteiger partial charge is 0.166 e. The van der Waals surface area contributed by atoms with Crippen LogP contribution in [0.25, 0.3) is 10.4 Å². The van der Waals surface area contributed by atoms with Gasteiger partial charge in [0.05, 0.1) is 19.2 Å². The minimum absolute atomic E-state index is 0. The molecule has 0 unspecified atom stereocenters. The summed E-state index contributed by atoms with van der Waals surface area (Å²) in [5.41, 5.74) is 4.46. The second-order valence-corrected chi connectivity index (χ2v) is 10.8. The Morgan fingerprint density at radius 1 is 1.06 bits per heavy atom. The number of anilines is 1. The van der Waals surface area contributed by atoms with Gasteiger partial charge in [0.1, 0.15) is 5.75 Å².